The quantitative estimate of drug-likeness (QED) is 0.612. The molecule has 7 heteroatoms. The summed E-state index contributed by atoms with van der Waals surface area (Å²) < 4.78 is 0. The molecule has 1 aliphatic rings. The molecule has 23 heavy (non-hydrogen) atoms. The summed E-state index contributed by atoms with van der Waals surface area (Å²) in [5, 5.41) is 5.55. The SMILES string of the molecule is CCCNC(=O)[C@@H]1CCCN1C(=O)[C@@H](NC(=O)[C@H](C)N)C(C)C. The summed E-state index contributed by atoms with van der Waals surface area (Å²) in [5.41, 5.74) is 5.57. The third-order valence-corrected chi connectivity index (χ3v) is 4.03. The highest BCUT2D eigenvalue weighted by Gasteiger charge is 2.38. The summed E-state index contributed by atoms with van der Waals surface area (Å²) in [7, 11) is 0. The molecule has 132 valence electrons. The van der Waals surface area contributed by atoms with Gasteiger partial charge in [-0.2, -0.15) is 0 Å². The van der Waals surface area contributed by atoms with Crippen LogP contribution in [0.3, 0.4) is 0 Å². The first-order valence-electron chi connectivity index (χ1n) is 8.43. The van der Waals surface area contributed by atoms with Gasteiger partial charge in [-0.15, -0.1) is 0 Å². The highest BCUT2D eigenvalue weighted by atomic mass is 16.2. The maximum Gasteiger partial charge on any atom is 0.246 e. The Labute approximate surface area is 138 Å². The molecule has 0 aromatic rings. The highest BCUT2D eigenvalue weighted by molar-refractivity contribution is 5.93. The van der Waals surface area contributed by atoms with Gasteiger partial charge in [0, 0.05) is 13.1 Å². The largest absolute Gasteiger partial charge is 0.354 e. The van der Waals surface area contributed by atoms with Crippen molar-refractivity contribution >= 4 is 17.7 Å². The second-order valence-corrected chi connectivity index (χ2v) is 6.50. The molecule has 1 heterocycles. The van der Waals surface area contributed by atoms with E-state index in [-0.39, 0.29) is 23.6 Å². The van der Waals surface area contributed by atoms with Crippen molar-refractivity contribution in [2.75, 3.05) is 13.1 Å². The van der Waals surface area contributed by atoms with Gasteiger partial charge >= 0.3 is 0 Å². The molecule has 1 saturated heterocycles. The van der Waals surface area contributed by atoms with E-state index < -0.39 is 18.1 Å². The minimum Gasteiger partial charge on any atom is -0.354 e. The highest BCUT2D eigenvalue weighted by Crippen LogP contribution is 2.20. The molecule has 0 aromatic carbocycles. The van der Waals surface area contributed by atoms with Gasteiger partial charge in [-0.25, -0.2) is 0 Å². The van der Waals surface area contributed by atoms with E-state index in [0.29, 0.717) is 19.5 Å². The fourth-order valence-electron chi connectivity index (χ4n) is 2.65. The maximum absolute atomic E-state index is 12.8. The number of amides is 3. The number of carbonyl (C=O) groups is 3. The summed E-state index contributed by atoms with van der Waals surface area (Å²) in [6.07, 6.45) is 2.31. The number of nitrogens with one attached hydrogen (secondary N) is 2. The molecule has 0 aliphatic carbocycles. The smallest absolute Gasteiger partial charge is 0.246 e. The van der Waals surface area contributed by atoms with Crippen LogP contribution >= 0.6 is 0 Å². The Balaban J connectivity index is 2.81. The van der Waals surface area contributed by atoms with E-state index in [0.717, 1.165) is 12.8 Å². The molecule has 0 aromatic heterocycles. The number of nitrogens with two attached hydrogens (primary N) is 1. The lowest BCUT2D eigenvalue weighted by Gasteiger charge is -2.30. The van der Waals surface area contributed by atoms with Crippen LogP contribution < -0.4 is 16.4 Å². The first-order valence-corrected chi connectivity index (χ1v) is 8.43. The summed E-state index contributed by atoms with van der Waals surface area (Å²) in [5.74, 6) is -0.754. The van der Waals surface area contributed by atoms with Crippen molar-refractivity contribution < 1.29 is 14.4 Å². The zero-order chi connectivity index (χ0) is 17.6. The van der Waals surface area contributed by atoms with Gasteiger partial charge in [0.05, 0.1) is 6.04 Å². The number of likely N-dealkylation sites (tertiary alicyclic amines) is 1. The Hall–Kier alpha value is -1.63. The van der Waals surface area contributed by atoms with Crippen molar-refractivity contribution in [1.82, 2.24) is 15.5 Å². The van der Waals surface area contributed by atoms with E-state index in [1.807, 2.05) is 20.8 Å². The molecule has 1 fully saturated rings. The van der Waals surface area contributed by atoms with E-state index >= 15 is 0 Å². The molecule has 1 aliphatic heterocycles. The number of hydrogen-bond donors (Lipinski definition) is 3. The maximum atomic E-state index is 12.8. The van der Waals surface area contributed by atoms with Crippen molar-refractivity contribution in [3.63, 3.8) is 0 Å². The van der Waals surface area contributed by atoms with Crippen LogP contribution in [0.25, 0.3) is 0 Å². The second kappa shape index (κ2) is 8.86. The topological polar surface area (TPSA) is 105 Å². The van der Waals surface area contributed by atoms with E-state index in [4.69, 9.17) is 5.73 Å². The molecule has 0 unspecified atom stereocenters. The fraction of sp³-hybridized carbons (Fsp3) is 0.812. The zero-order valence-corrected chi connectivity index (χ0v) is 14.6. The second-order valence-electron chi connectivity index (χ2n) is 6.50. The molecule has 0 bridgehead atoms. The normalized spacial score (nSPS) is 20.3. The minimum atomic E-state index is -0.675. The number of hydrogen-bond acceptors (Lipinski definition) is 4. The predicted octanol–water partition coefficient (Wildman–Crippen LogP) is -0.00840. The van der Waals surface area contributed by atoms with Crippen LogP contribution in [-0.2, 0) is 14.4 Å². The third kappa shape index (κ3) is 5.20. The van der Waals surface area contributed by atoms with Gasteiger partial charge in [0.2, 0.25) is 17.7 Å². The molecule has 1 rings (SSSR count). The van der Waals surface area contributed by atoms with Crippen molar-refractivity contribution in [2.24, 2.45) is 11.7 Å². The van der Waals surface area contributed by atoms with Crippen LogP contribution in [0.4, 0.5) is 0 Å². The standard InChI is InChI=1S/C16H30N4O3/c1-5-8-18-15(22)12-7-6-9-20(12)16(23)13(10(2)3)19-14(21)11(4)17/h10-13H,5-9,17H2,1-4H3,(H,18,22)(H,19,21)/t11-,12-,13-/m0/s1. The van der Waals surface area contributed by atoms with Crippen LogP contribution in [-0.4, -0.2) is 53.8 Å². The lowest BCUT2D eigenvalue weighted by Crippen LogP contribution is -2.57. The molecule has 0 spiro atoms. The van der Waals surface area contributed by atoms with Crippen molar-refractivity contribution in [2.45, 2.75) is 65.1 Å². The van der Waals surface area contributed by atoms with Gasteiger partial charge in [0.25, 0.3) is 0 Å². The van der Waals surface area contributed by atoms with Gasteiger partial charge in [0.15, 0.2) is 0 Å². The Kier molecular flexibility index (Phi) is 7.48. The number of carbonyl (C=O) groups excluding carboxylic acids is 3. The zero-order valence-electron chi connectivity index (χ0n) is 14.6. The number of rotatable bonds is 7. The van der Waals surface area contributed by atoms with Crippen LogP contribution in [0.2, 0.25) is 0 Å². The van der Waals surface area contributed by atoms with E-state index in [1.54, 1.807) is 11.8 Å². The third-order valence-electron chi connectivity index (χ3n) is 4.03. The average molecular weight is 326 g/mol. The minimum absolute atomic E-state index is 0.0786. The molecule has 0 radical (unpaired) electrons. The van der Waals surface area contributed by atoms with Crippen LogP contribution in [0, 0.1) is 5.92 Å². The summed E-state index contributed by atoms with van der Waals surface area (Å²) >= 11 is 0. The molecular formula is C16H30N4O3. The van der Waals surface area contributed by atoms with Gasteiger partial charge in [0.1, 0.15) is 12.1 Å². The van der Waals surface area contributed by atoms with Crippen molar-refractivity contribution in [3.8, 4) is 0 Å². The average Bonchev–Trinajstić information content (AvgIpc) is 2.98. The predicted molar refractivity (Wildman–Crippen MR) is 88.5 cm³/mol. The van der Waals surface area contributed by atoms with Crippen molar-refractivity contribution in [3.05, 3.63) is 0 Å². The molecule has 7 nitrogen and oxygen atoms in total. The van der Waals surface area contributed by atoms with Gasteiger partial charge < -0.3 is 21.3 Å². The first-order chi connectivity index (χ1) is 10.8. The van der Waals surface area contributed by atoms with Gasteiger partial charge in [-0.1, -0.05) is 20.8 Å². The first kappa shape index (κ1) is 19.4. The lowest BCUT2D eigenvalue weighted by molar-refractivity contribution is -0.142. The monoisotopic (exact) mass is 326 g/mol. The number of nitrogens with zero attached hydrogens (tertiary/aromatic N) is 1. The Bertz CT molecular complexity index is 437. The van der Waals surface area contributed by atoms with E-state index in [2.05, 4.69) is 10.6 Å². The molecular weight excluding hydrogens is 296 g/mol. The van der Waals surface area contributed by atoms with Crippen LogP contribution in [0.15, 0.2) is 0 Å². The summed E-state index contributed by atoms with van der Waals surface area (Å²) in [4.78, 5) is 38.5. The Morgan fingerprint density at radius 2 is 1.91 bits per heavy atom. The van der Waals surface area contributed by atoms with Crippen LogP contribution in [0.1, 0.15) is 47.0 Å². The van der Waals surface area contributed by atoms with Gasteiger partial charge in [-0.05, 0) is 32.1 Å². The summed E-state index contributed by atoms with van der Waals surface area (Å²) in [6, 6.07) is -1.78. The van der Waals surface area contributed by atoms with E-state index in [1.165, 1.54) is 0 Å². The lowest BCUT2D eigenvalue weighted by atomic mass is 10.0. The molecule has 3 amide bonds. The molecule has 0 saturated carbocycles. The molecule has 4 N–H and O–H groups in total. The fourth-order valence-corrected chi connectivity index (χ4v) is 2.65. The Morgan fingerprint density at radius 1 is 1.26 bits per heavy atom. The van der Waals surface area contributed by atoms with Crippen molar-refractivity contribution in [1.29, 1.82) is 0 Å². The Morgan fingerprint density at radius 3 is 2.43 bits per heavy atom. The van der Waals surface area contributed by atoms with E-state index in [9.17, 15) is 14.4 Å². The molecule has 3 atom stereocenters. The van der Waals surface area contributed by atoms with Gasteiger partial charge in [-0.3, -0.25) is 14.4 Å². The summed E-state index contributed by atoms with van der Waals surface area (Å²) in [6.45, 7) is 8.44. The van der Waals surface area contributed by atoms with Crippen LogP contribution in [0.5, 0.6) is 0 Å².